The van der Waals surface area contributed by atoms with Gasteiger partial charge in [-0.05, 0) is 19.9 Å². The molecule has 1 fully saturated rings. The molecule has 0 radical (unpaired) electrons. The van der Waals surface area contributed by atoms with E-state index in [1.54, 1.807) is 38.4 Å². The van der Waals surface area contributed by atoms with Crippen molar-refractivity contribution in [1.29, 1.82) is 0 Å². The van der Waals surface area contributed by atoms with E-state index in [4.69, 9.17) is 14.2 Å². The van der Waals surface area contributed by atoms with Gasteiger partial charge in [-0.15, -0.1) is 0 Å². The highest BCUT2D eigenvalue weighted by molar-refractivity contribution is 6.02. The standard InChI is InChI=1S/C21H30N4O5/c1-13(2)22-18(26)12-24-6-8-25(9-7-24)21(27)15-10-14-16(28-3)11-17(29-4)20(30-5)19(14)23-15/h10-11,13,23H,6-9,12H2,1-5H3,(H,22,26). The SMILES string of the molecule is COc1cc(OC)c2cc(C(=O)N3CCN(CC(=O)NC(C)C)CC3)[nH]c2c1OC. The van der Waals surface area contributed by atoms with Gasteiger partial charge in [0.2, 0.25) is 5.91 Å². The van der Waals surface area contributed by atoms with E-state index in [0.29, 0.717) is 61.2 Å². The van der Waals surface area contributed by atoms with Crippen molar-refractivity contribution >= 4 is 22.7 Å². The first-order chi connectivity index (χ1) is 14.4. The van der Waals surface area contributed by atoms with E-state index in [1.807, 2.05) is 13.8 Å². The smallest absolute Gasteiger partial charge is 0.270 e. The molecule has 0 bridgehead atoms. The number of ether oxygens (including phenoxy) is 3. The van der Waals surface area contributed by atoms with E-state index in [0.717, 1.165) is 5.39 Å². The van der Waals surface area contributed by atoms with Crippen molar-refractivity contribution in [3.63, 3.8) is 0 Å². The van der Waals surface area contributed by atoms with Crippen molar-refractivity contribution in [2.75, 3.05) is 54.1 Å². The van der Waals surface area contributed by atoms with Crippen molar-refractivity contribution in [2.24, 2.45) is 0 Å². The number of hydrogen-bond donors (Lipinski definition) is 2. The number of piperazine rings is 1. The molecular formula is C21H30N4O5. The summed E-state index contributed by atoms with van der Waals surface area (Å²) in [6.07, 6.45) is 0. The van der Waals surface area contributed by atoms with E-state index in [1.165, 1.54) is 0 Å². The highest BCUT2D eigenvalue weighted by atomic mass is 16.5. The summed E-state index contributed by atoms with van der Waals surface area (Å²) in [6, 6.07) is 3.64. The number of aromatic nitrogens is 1. The molecule has 9 nitrogen and oxygen atoms in total. The number of nitrogens with zero attached hydrogens (tertiary/aromatic N) is 2. The summed E-state index contributed by atoms with van der Waals surface area (Å²) in [7, 11) is 4.68. The largest absolute Gasteiger partial charge is 0.496 e. The maximum Gasteiger partial charge on any atom is 0.270 e. The van der Waals surface area contributed by atoms with E-state index in [2.05, 4.69) is 15.2 Å². The fourth-order valence-corrected chi connectivity index (χ4v) is 3.70. The highest BCUT2D eigenvalue weighted by Crippen LogP contribution is 2.41. The maximum atomic E-state index is 13.1. The monoisotopic (exact) mass is 418 g/mol. The first-order valence-corrected chi connectivity index (χ1v) is 10.0. The van der Waals surface area contributed by atoms with Crippen LogP contribution in [-0.4, -0.2) is 86.7 Å². The molecule has 1 aliphatic heterocycles. The molecule has 2 aromatic rings. The van der Waals surface area contributed by atoms with Gasteiger partial charge in [0.25, 0.3) is 5.91 Å². The summed E-state index contributed by atoms with van der Waals surface area (Å²) in [5.74, 6) is 1.55. The van der Waals surface area contributed by atoms with Crippen LogP contribution in [0.4, 0.5) is 0 Å². The molecule has 0 atom stereocenters. The molecule has 0 saturated carbocycles. The summed E-state index contributed by atoms with van der Waals surface area (Å²) in [5, 5.41) is 3.65. The molecule has 164 valence electrons. The molecule has 2 amide bonds. The highest BCUT2D eigenvalue weighted by Gasteiger charge is 2.26. The van der Waals surface area contributed by atoms with Gasteiger partial charge in [0.05, 0.1) is 33.4 Å². The molecule has 30 heavy (non-hydrogen) atoms. The Hall–Kier alpha value is -2.94. The Bertz CT molecular complexity index is 916. The number of amides is 2. The zero-order valence-corrected chi connectivity index (χ0v) is 18.2. The Kier molecular flexibility index (Phi) is 6.71. The normalized spacial score (nSPS) is 14.8. The molecule has 2 N–H and O–H groups in total. The topological polar surface area (TPSA) is 96.1 Å². The quantitative estimate of drug-likeness (QED) is 0.707. The molecule has 2 heterocycles. The molecule has 1 aromatic carbocycles. The molecule has 0 aliphatic carbocycles. The van der Waals surface area contributed by atoms with E-state index >= 15 is 0 Å². The number of nitrogens with one attached hydrogen (secondary N) is 2. The first-order valence-electron chi connectivity index (χ1n) is 10.0. The van der Waals surface area contributed by atoms with Gasteiger partial charge in [-0.1, -0.05) is 0 Å². The lowest BCUT2D eigenvalue weighted by molar-refractivity contribution is -0.123. The van der Waals surface area contributed by atoms with Crippen molar-refractivity contribution in [3.8, 4) is 17.2 Å². The Balaban J connectivity index is 1.74. The van der Waals surface area contributed by atoms with E-state index in [-0.39, 0.29) is 17.9 Å². The van der Waals surface area contributed by atoms with E-state index in [9.17, 15) is 9.59 Å². The summed E-state index contributed by atoms with van der Waals surface area (Å²) < 4.78 is 16.3. The predicted molar refractivity (Wildman–Crippen MR) is 114 cm³/mol. The number of rotatable bonds is 7. The number of carbonyl (C=O) groups excluding carboxylic acids is 2. The average molecular weight is 418 g/mol. The number of benzene rings is 1. The third-order valence-corrected chi connectivity index (χ3v) is 5.15. The number of aromatic amines is 1. The lowest BCUT2D eigenvalue weighted by Gasteiger charge is -2.34. The van der Waals surface area contributed by atoms with Crippen molar-refractivity contribution < 1.29 is 23.8 Å². The zero-order valence-electron chi connectivity index (χ0n) is 18.2. The molecule has 1 aromatic heterocycles. The lowest BCUT2D eigenvalue weighted by atomic mass is 10.2. The predicted octanol–water partition coefficient (Wildman–Crippen LogP) is 1.48. The van der Waals surface area contributed by atoms with Gasteiger partial charge in [-0.25, -0.2) is 0 Å². The lowest BCUT2D eigenvalue weighted by Crippen LogP contribution is -2.51. The molecular weight excluding hydrogens is 388 g/mol. The van der Waals surface area contributed by atoms with Crippen LogP contribution < -0.4 is 19.5 Å². The number of methoxy groups -OCH3 is 3. The number of hydrogen-bond acceptors (Lipinski definition) is 6. The molecule has 0 spiro atoms. The second-order valence-corrected chi connectivity index (χ2v) is 7.58. The fourth-order valence-electron chi connectivity index (χ4n) is 3.70. The second-order valence-electron chi connectivity index (χ2n) is 7.58. The fraction of sp³-hybridized carbons (Fsp3) is 0.524. The van der Waals surface area contributed by atoms with Crippen LogP contribution in [0.3, 0.4) is 0 Å². The van der Waals surface area contributed by atoms with Crippen LogP contribution in [-0.2, 0) is 4.79 Å². The Labute approximate surface area is 176 Å². The van der Waals surface area contributed by atoms with Crippen LogP contribution in [0.2, 0.25) is 0 Å². The van der Waals surface area contributed by atoms with Gasteiger partial charge in [-0.2, -0.15) is 0 Å². The van der Waals surface area contributed by atoms with Crippen molar-refractivity contribution in [1.82, 2.24) is 20.1 Å². The third-order valence-electron chi connectivity index (χ3n) is 5.15. The summed E-state index contributed by atoms with van der Waals surface area (Å²) in [5.41, 5.74) is 1.11. The molecule has 1 aliphatic rings. The van der Waals surface area contributed by atoms with Crippen LogP contribution in [0.5, 0.6) is 17.2 Å². The van der Waals surface area contributed by atoms with Crippen LogP contribution in [0.15, 0.2) is 12.1 Å². The first kappa shape index (κ1) is 21.8. The molecule has 0 unspecified atom stereocenters. The minimum atomic E-state index is -0.0967. The average Bonchev–Trinajstić information content (AvgIpc) is 3.17. The number of H-pyrrole nitrogens is 1. The van der Waals surface area contributed by atoms with Gasteiger partial charge in [0.15, 0.2) is 11.5 Å². The summed E-state index contributed by atoms with van der Waals surface area (Å²) >= 11 is 0. The minimum Gasteiger partial charge on any atom is -0.496 e. The maximum absolute atomic E-state index is 13.1. The minimum absolute atomic E-state index is 0.00790. The van der Waals surface area contributed by atoms with Gasteiger partial charge < -0.3 is 29.4 Å². The van der Waals surface area contributed by atoms with Crippen molar-refractivity contribution in [2.45, 2.75) is 19.9 Å². The Morgan fingerprint density at radius 2 is 1.70 bits per heavy atom. The zero-order chi connectivity index (χ0) is 21.8. The van der Waals surface area contributed by atoms with Crippen LogP contribution in [0.1, 0.15) is 24.3 Å². The number of fused-ring (bicyclic) bond motifs is 1. The summed E-state index contributed by atoms with van der Waals surface area (Å²) in [4.78, 5) is 32.1. The molecule has 3 rings (SSSR count). The van der Waals surface area contributed by atoms with Gasteiger partial charge in [-0.3, -0.25) is 14.5 Å². The van der Waals surface area contributed by atoms with Gasteiger partial charge in [0.1, 0.15) is 11.4 Å². The molecule has 9 heteroatoms. The second kappa shape index (κ2) is 9.25. The summed E-state index contributed by atoms with van der Waals surface area (Å²) in [6.45, 7) is 6.64. The Morgan fingerprint density at radius 1 is 1.03 bits per heavy atom. The third kappa shape index (κ3) is 4.46. The number of carbonyl (C=O) groups is 2. The van der Waals surface area contributed by atoms with Crippen molar-refractivity contribution in [3.05, 3.63) is 17.8 Å². The van der Waals surface area contributed by atoms with Gasteiger partial charge in [0, 0.05) is 43.7 Å². The van der Waals surface area contributed by atoms with Crippen LogP contribution in [0, 0.1) is 0 Å². The Morgan fingerprint density at radius 3 is 2.27 bits per heavy atom. The van der Waals surface area contributed by atoms with Crippen LogP contribution in [0.25, 0.3) is 10.9 Å². The van der Waals surface area contributed by atoms with Gasteiger partial charge >= 0.3 is 0 Å². The van der Waals surface area contributed by atoms with Crippen LogP contribution >= 0.6 is 0 Å². The van der Waals surface area contributed by atoms with E-state index < -0.39 is 0 Å². The molecule has 1 saturated heterocycles.